The number of para-hydroxylation sites is 2. The van der Waals surface area contributed by atoms with Crippen LogP contribution in [0.2, 0.25) is 5.02 Å². The summed E-state index contributed by atoms with van der Waals surface area (Å²) in [5, 5.41) is 11.4. The minimum atomic E-state index is -0.419. The van der Waals surface area contributed by atoms with Crippen LogP contribution in [0.3, 0.4) is 0 Å². The normalized spacial score (nSPS) is 15.9. The maximum Gasteiger partial charge on any atom is 0.0959 e. The van der Waals surface area contributed by atoms with Gasteiger partial charge in [0.05, 0.1) is 30.0 Å². The molecule has 0 radical (unpaired) electrons. The lowest BCUT2D eigenvalue weighted by atomic mass is 10.1. The Morgan fingerprint density at radius 2 is 1.47 bits per heavy atom. The van der Waals surface area contributed by atoms with Crippen molar-refractivity contribution in [2.24, 2.45) is 0 Å². The van der Waals surface area contributed by atoms with E-state index in [9.17, 15) is 5.11 Å². The second kappa shape index (κ2) is 9.33. The van der Waals surface area contributed by atoms with E-state index < -0.39 is 6.10 Å². The lowest BCUT2D eigenvalue weighted by Gasteiger charge is -2.37. The highest BCUT2D eigenvalue weighted by molar-refractivity contribution is 6.30. The number of rotatable bonds is 6. The largest absolute Gasteiger partial charge is 0.390 e. The summed E-state index contributed by atoms with van der Waals surface area (Å²) in [5.74, 6) is 0. The van der Waals surface area contributed by atoms with E-state index in [1.54, 1.807) is 0 Å². The fourth-order valence-corrected chi connectivity index (χ4v) is 4.56. The van der Waals surface area contributed by atoms with Gasteiger partial charge in [0.25, 0.3) is 0 Å². The number of piperazine rings is 1. The van der Waals surface area contributed by atoms with Crippen LogP contribution in [-0.2, 0) is 6.54 Å². The maximum atomic E-state index is 10.7. The first-order chi connectivity index (χ1) is 15.7. The molecule has 1 atom stereocenters. The molecule has 6 heteroatoms. The number of β-amino-alcohol motifs (C(OH)–C–C–N with tert-alkyl or cyclic N) is 1. The van der Waals surface area contributed by atoms with Gasteiger partial charge in [0, 0.05) is 43.4 Å². The van der Waals surface area contributed by atoms with Gasteiger partial charge >= 0.3 is 0 Å². The summed E-state index contributed by atoms with van der Waals surface area (Å²) in [4.78, 5) is 9.18. The SMILES string of the molecule is OC(CN1CCN(c2ccc(-c3ccc(Cl)cc3)cc2)CC1)Cn1cnc2ccccc21. The number of anilines is 1. The first kappa shape index (κ1) is 21.0. The second-order valence-electron chi connectivity index (χ2n) is 8.38. The van der Waals surface area contributed by atoms with Gasteiger partial charge < -0.3 is 14.6 Å². The molecule has 1 aliphatic heterocycles. The molecule has 3 aromatic carbocycles. The molecule has 164 valence electrons. The van der Waals surface area contributed by atoms with E-state index in [1.165, 1.54) is 16.8 Å². The molecule has 32 heavy (non-hydrogen) atoms. The van der Waals surface area contributed by atoms with Crippen LogP contribution in [0.1, 0.15) is 0 Å². The predicted molar refractivity (Wildman–Crippen MR) is 131 cm³/mol. The number of nitrogens with zero attached hydrogens (tertiary/aromatic N) is 4. The lowest BCUT2D eigenvalue weighted by molar-refractivity contribution is 0.0959. The average molecular weight is 447 g/mol. The van der Waals surface area contributed by atoms with Gasteiger partial charge in [0.15, 0.2) is 0 Å². The van der Waals surface area contributed by atoms with Crippen molar-refractivity contribution in [2.45, 2.75) is 12.6 Å². The molecule has 1 saturated heterocycles. The molecule has 1 unspecified atom stereocenters. The van der Waals surface area contributed by atoms with Crippen LogP contribution in [-0.4, -0.2) is 58.4 Å². The molecule has 4 aromatic rings. The fraction of sp³-hybridized carbons (Fsp3) is 0.269. The summed E-state index contributed by atoms with van der Waals surface area (Å²) in [6, 6.07) is 24.7. The number of hydrogen-bond donors (Lipinski definition) is 1. The molecule has 5 rings (SSSR count). The molecule has 0 aliphatic carbocycles. The van der Waals surface area contributed by atoms with E-state index >= 15 is 0 Å². The standard InChI is InChI=1S/C26H27ClN4O/c27-22-9-5-20(6-10-22)21-7-11-23(12-8-21)30-15-13-29(14-16-30)17-24(32)18-31-19-28-25-3-1-2-4-26(25)31/h1-12,19,24,32H,13-18H2. The quantitative estimate of drug-likeness (QED) is 0.472. The molecule has 5 nitrogen and oxygen atoms in total. The number of halogens is 1. The lowest BCUT2D eigenvalue weighted by Crippen LogP contribution is -2.49. The Bertz CT molecular complexity index is 1160. The minimum absolute atomic E-state index is 0.419. The maximum absolute atomic E-state index is 10.7. The first-order valence-electron chi connectivity index (χ1n) is 11.1. The van der Waals surface area contributed by atoms with Crippen molar-refractivity contribution in [3.05, 3.63) is 84.1 Å². The van der Waals surface area contributed by atoms with Crippen molar-refractivity contribution in [2.75, 3.05) is 37.6 Å². The van der Waals surface area contributed by atoms with Crippen molar-refractivity contribution in [3.8, 4) is 11.1 Å². The molecule has 0 saturated carbocycles. The summed E-state index contributed by atoms with van der Waals surface area (Å²) in [6.45, 7) is 5.05. The summed E-state index contributed by atoms with van der Waals surface area (Å²) in [5.41, 5.74) is 5.64. The van der Waals surface area contributed by atoms with Gasteiger partial charge in [-0.05, 0) is 47.5 Å². The Hall–Kier alpha value is -2.86. The highest BCUT2D eigenvalue weighted by atomic mass is 35.5. The zero-order valence-electron chi connectivity index (χ0n) is 17.9. The van der Waals surface area contributed by atoms with Gasteiger partial charge in [0.1, 0.15) is 0 Å². The van der Waals surface area contributed by atoms with Crippen LogP contribution in [0.25, 0.3) is 22.2 Å². The van der Waals surface area contributed by atoms with Crippen LogP contribution in [0, 0.1) is 0 Å². The van der Waals surface area contributed by atoms with Gasteiger partial charge in [-0.25, -0.2) is 4.98 Å². The molecule has 1 aliphatic rings. The molecule has 1 aromatic heterocycles. The van der Waals surface area contributed by atoms with Crippen LogP contribution < -0.4 is 4.90 Å². The van der Waals surface area contributed by atoms with Crippen LogP contribution in [0.4, 0.5) is 5.69 Å². The number of aliphatic hydroxyl groups is 1. The van der Waals surface area contributed by atoms with Crippen LogP contribution in [0.5, 0.6) is 0 Å². The monoisotopic (exact) mass is 446 g/mol. The Kier molecular flexibility index (Phi) is 6.12. The first-order valence-corrected chi connectivity index (χ1v) is 11.4. The minimum Gasteiger partial charge on any atom is -0.390 e. The van der Waals surface area contributed by atoms with Gasteiger partial charge in [-0.1, -0.05) is 48.0 Å². The summed E-state index contributed by atoms with van der Waals surface area (Å²) < 4.78 is 2.04. The van der Waals surface area contributed by atoms with Gasteiger partial charge in [-0.3, -0.25) is 4.90 Å². The average Bonchev–Trinajstić information content (AvgIpc) is 3.23. The summed E-state index contributed by atoms with van der Waals surface area (Å²) >= 11 is 6.00. The van der Waals surface area contributed by atoms with Crippen LogP contribution >= 0.6 is 11.6 Å². The molecule has 0 spiro atoms. The molecular formula is C26H27ClN4O. The van der Waals surface area contributed by atoms with Crippen molar-refractivity contribution < 1.29 is 5.11 Å². The van der Waals surface area contributed by atoms with Crippen molar-refractivity contribution in [1.82, 2.24) is 14.5 Å². The number of fused-ring (bicyclic) bond motifs is 1. The number of aromatic nitrogens is 2. The van der Waals surface area contributed by atoms with Gasteiger partial charge in [-0.15, -0.1) is 0 Å². The van der Waals surface area contributed by atoms with Crippen LogP contribution in [0.15, 0.2) is 79.1 Å². The van der Waals surface area contributed by atoms with E-state index in [4.69, 9.17) is 11.6 Å². The van der Waals surface area contributed by atoms with E-state index in [2.05, 4.69) is 39.0 Å². The van der Waals surface area contributed by atoms with Gasteiger partial charge in [0.2, 0.25) is 0 Å². The topological polar surface area (TPSA) is 44.5 Å². The number of aliphatic hydroxyl groups excluding tert-OH is 1. The third-order valence-corrected chi connectivity index (χ3v) is 6.44. The molecule has 1 N–H and O–H groups in total. The van der Waals surface area contributed by atoms with Crippen molar-refractivity contribution in [3.63, 3.8) is 0 Å². The zero-order valence-corrected chi connectivity index (χ0v) is 18.7. The zero-order chi connectivity index (χ0) is 21.9. The molecule has 0 amide bonds. The molecule has 0 bridgehead atoms. The highest BCUT2D eigenvalue weighted by Crippen LogP contribution is 2.25. The third-order valence-electron chi connectivity index (χ3n) is 6.19. The Morgan fingerprint density at radius 3 is 2.19 bits per heavy atom. The smallest absolute Gasteiger partial charge is 0.0959 e. The second-order valence-corrected chi connectivity index (χ2v) is 8.82. The summed E-state index contributed by atoms with van der Waals surface area (Å²) in [6.07, 6.45) is 1.40. The van der Waals surface area contributed by atoms with Gasteiger partial charge in [-0.2, -0.15) is 0 Å². The Labute approximate surface area is 193 Å². The molecular weight excluding hydrogens is 420 g/mol. The Balaban J connectivity index is 1.14. The van der Waals surface area contributed by atoms with E-state index in [0.29, 0.717) is 13.1 Å². The van der Waals surface area contributed by atoms with Crippen molar-refractivity contribution in [1.29, 1.82) is 0 Å². The van der Waals surface area contributed by atoms with E-state index in [0.717, 1.165) is 42.2 Å². The molecule has 1 fully saturated rings. The summed E-state index contributed by atoms with van der Waals surface area (Å²) in [7, 11) is 0. The van der Waals surface area contributed by atoms with Crippen molar-refractivity contribution >= 4 is 28.3 Å². The number of hydrogen-bond acceptors (Lipinski definition) is 4. The number of benzene rings is 3. The number of imidazole rings is 1. The van der Waals surface area contributed by atoms with E-state index in [1.807, 2.05) is 59.4 Å². The molecule has 2 heterocycles. The fourth-order valence-electron chi connectivity index (χ4n) is 4.43. The Morgan fingerprint density at radius 1 is 0.812 bits per heavy atom. The highest BCUT2D eigenvalue weighted by Gasteiger charge is 2.20. The predicted octanol–water partition coefficient (Wildman–Crippen LogP) is 4.54. The van der Waals surface area contributed by atoms with E-state index in [-0.39, 0.29) is 0 Å². The third kappa shape index (κ3) is 4.65.